The molecule has 0 aromatic rings. The minimum Gasteiger partial charge on any atom is -0.396 e. The number of unbranched alkanes of at least 4 members (excludes halogenated alkanes) is 1. The van der Waals surface area contributed by atoms with Crippen LogP contribution in [0.1, 0.15) is 39.5 Å². The first-order valence-electron chi connectivity index (χ1n) is 5.13. The van der Waals surface area contributed by atoms with Gasteiger partial charge in [-0.2, -0.15) is 0 Å². The molecule has 0 saturated heterocycles. The smallest absolute Gasteiger partial charge is 0.0431 e. The molecule has 1 nitrogen and oxygen atoms in total. The van der Waals surface area contributed by atoms with E-state index < -0.39 is 0 Å². The van der Waals surface area contributed by atoms with Gasteiger partial charge in [-0.3, -0.25) is 0 Å². The summed E-state index contributed by atoms with van der Waals surface area (Å²) in [6.07, 6.45) is 11.2. The van der Waals surface area contributed by atoms with Gasteiger partial charge in [-0.1, -0.05) is 37.1 Å². The maximum Gasteiger partial charge on any atom is 0.0431 e. The Hall–Kier alpha value is -0.560. The van der Waals surface area contributed by atoms with Gasteiger partial charge in [0, 0.05) is 6.61 Å². The van der Waals surface area contributed by atoms with Crippen LogP contribution in [0, 0.1) is 5.41 Å². The third-order valence-corrected chi connectivity index (χ3v) is 2.79. The molecule has 0 aromatic carbocycles. The Kier molecular flexibility index (Phi) is 3.73. The van der Waals surface area contributed by atoms with Gasteiger partial charge >= 0.3 is 0 Å². The lowest BCUT2D eigenvalue weighted by Gasteiger charge is -2.27. The fraction of sp³-hybridized carbons (Fsp3) is 0.667. The van der Waals surface area contributed by atoms with Crippen molar-refractivity contribution in [3.05, 3.63) is 23.8 Å². The lowest BCUT2D eigenvalue weighted by atomic mass is 9.78. The summed E-state index contributed by atoms with van der Waals surface area (Å²) in [5.74, 6) is 0. The van der Waals surface area contributed by atoms with Crippen molar-refractivity contribution in [2.45, 2.75) is 39.5 Å². The summed E-state index contributed by atoms with van der Waals surface area (Å²) in [5.41, 5.74) is 1.72. The van der Waals surface area contributed by atoms with Gasteiger partial charge in [0.2, 0.25) is 0 Å². The second-order valence-electron chi connectivity index (χ2n) is 4.32. The highest BCUT2D eigenvalue weighted by Gasteiger charge is 2.20. The highest BCUT2D eigenvalue weighted by molar-refractivity contribution is 5.24. The molecule has 1 N–H and O–H groups in total. The zero-order valence-electron chi connectivity index (χ0n) is 8.71. The molecule has 1 aliphatic rings. The van der Waals surface area contributed by atoms with Crippen molar-refractivity contribution in [2.24, 2.45) is 5.41 Å². The highest BCUT2D eigenvalue weighted by atomic mass is 16.2. The van der Waals surface area contributed by atoms with Crippen molar-refractivity contribution in [3.63, 3.8) is 0 Å². The van der Waals surface area contributed by atoms with Gasteiger partial charge in [-0.05, 0) is 31.6 Å². The molecule has 1 heteroatoms. The van der Waals surface area contributed by atoms with Crippen LogP contribution < -0.4 is 0 Å². The molecule has 0 bridgehead atoms. The van der Waals surface area contributed by atoms with Crippen LogP contribution in [-0.4, -0.2) is 11.7 Å². The summed E-state index contributed by atoms with van der Waals surface area (Å²) in [6.45, 7) is 4.77. The van der Waals surface area contributed by atoms with Crippen molar-refractivity contribution in [1.29, 1.82) is 0 Å². The van der Waals surface area contributed by atoms with E-state index in [4.69, 9.17) is 5.11 Å². The van der Waals surface area contributed by atoms with Crippen molar-refractivity contribution in [2.75, 3.05) is 6.61 Å². The van der Waals surface area contributed by atoms with Crippen LogP contribution in [-0.2, 0) is 0 Å². The average molecular weight is 180 g/mol. The monoisotopic (exact) mass is 180 g/mol. The number of allylic oxidation sites excluding steroid dienone is 4. The highest BCUT2D eigenvalue weighted by Crippen LogP contribution is 2.34. The summed E-state index contributed by atoms with van der Waals surface area (Å²) in [6, 6.07) is 0. The summed E-state index contributed by atoms with van der Waals surface area (Å²) in [4.78, 5) is 0. The van der Waals surface area contributed by atoms with Crippen LogP contribution in [0.2, 0.25) is 0 Å². The minimum absolute atomic E-state index is 0.328. The Morgan fingerprint density at radius 2 is 2.23 bits per heavy atom. The van der Waals surface area contributed by atoms with Gasteiger partial charge in [-0.25, -0.2) is 0 Å². The van der Waals surface area contributed by atoms with Crippen LogP contribution in [0.5, 0.6) is 0 Å². The zero-order valence-corrected chi connectivity index (χ0v) is 8.71. The molecular weight excluding hydrogens is 160 g/mol. The first-order valence-corrected chi connectivity index (χ1v) is 5.13. The van der Waals surface area contributed by atoms with Gasteiger partial charge in [0.1, 0.15) is 0 Å². The third kappa shape index (κ3) is 3.35. The molecule has 74 valence electrons. The topological polar surface area (TPSA) is 20.2 Å². The Morgan fingerprint density at radius 1 is 1.46 bits per heavy atom. The van der Waals surface area contributed by atoms with Gasteiger partial charge in [0.25, 0.3) is 0 Å². The molecule has 0 heterocycles. The van der Waals surface area contributed by atoms with E-state index >= 15 is 0 Å². The molecule has 1 aliphatic carbocycles. The number of rotatable bonds is 4. The molecule has 1 atom stereocenters. The molecular formula is C12H20O. The molecule has 13 heavy (non-hydrogen) atoms. The lowest BCUT2D eigenvalue weighted by molar-refractivity contribution is 0.269. The molecule has 0 radical (unpaired) electrons. The SMILES string of the molecule is CC1=CCC(C)(CCCCO)C=C1. The fourth-order valence-electron chi connectivity index (χ4n) is 1.69. The molecule has 0 saturated carbocycles. The van der Waals surface area contributed by atoms with E-state index in [9.17, 15) is 0 Å². The third-order valence-electron chi connectivity index (χ3n) is 2.79. The lowest BCUT2D eigenvalue weighted by Crippen LogP contribution is -2.14. The number of aliphatic hydroxyl groups is 1. The van der Waals surface area contributed by atoms with Gasteiger partial charge < -0.3 is 5.11 Å². The van der Waals surface area contributed by atoms with Crippen molar-refractivity contribution in [1.82, 2.24) is 0 Å². The molecule has 0 aliphatic heterocycles. The van der Waals surface area contributed by atoms with Crippen molar-refractivity contribution in [3.8, 4) is 0 Å². The van der Waals surface area contributed by atoms with Crippen LogP contribution in [0.4, 0.5) is 0 Å². The molecule has 1 unspecified atom stereocenters. The molecule has 0 fully saturated rings. The van der Waals surface area contributed by atoms with E-state index in [1.54, 1.807) is 0 Å². The largest absolute Gasteiger partial charge is 0.396 e. The maximum absolute atomic E-state index is 8.69. The van der Waals surface area contributed by atoms with E-state index in [0.29, 0.717) is 12.0 Å². The molecule has 1 rings (SSSR count). The first-order chi connectivity index (χ1) is 6.16. The number of hydrogen-bond donors (Lipinski definition) is 1. The maximum atomic E-state index is 8.69. The number of hydrogen-bond acceptors (Lipinski definition) is 1. The Balaban J connectivity index is 2.37. The summed E-state index contributed by atoms with van der Waals surface area (Å²) < 4.78 is 0. The van der Waals surface area contributed by atoms with Crippen LogP contribution in [0.3, 0.4) is 0 Å². The second-order valence-corrected chi connectivity index (χ2v) is 4.32. The van der Waals surface area contributed by atoms with Gasteiger partial charge in [0.05, 0.1) is 0 Å². The van der Waals surface area contributed by atoms with Crippen LogP contribution in [0.15, 0.2) is 23.8 Å². The van der Waals surface area contributed by atoms with Gasteiger partial charge in [0.15, 0.2) is 0 Å². The Morgan fingerprint density at radius 3 is 2.77 bits per heavy atom. The molecule has 0 amide bonds. The minimum atomic E-state index is 0.328. The first kappa shape index (κ1) is 10.5. The Labute approximate surface area is 81.2 Å². The van der Waals surface area contributed by atoms with E-state index in [1.807, 2.05) is 0 Å². The molecule has 0 aromatic heterocycles. The fourth-order valence-corrected chi connectivity index (χ4v) is 1.69. The van der Waals surface area contributed by atoms with Crippen molar-refractivity contribution >= 4 is 0 Å². The van der Waals surface area contributed by atoms with E-state index in [1.165, 1.54) is 12.0 Å². The number of aliphatic hydroxyl groups excluding tert-OH is 1. The summed E-state index contributed by atoms with van der Waals surface area (Å²) in [5, 5.41) is 8.69. The normalized spacial score (nSPS) is 27.5. The standard InChI is InChI=1S/C12H20O/c1-11-5-8-12(2,9-6-11)7-3-4-10-13/h5-6,8,13H,3-4,7,9-10H2,1-2H3. The van der Waals surface area contributed by atoms with E-state index in [-0.39, 0.29) is 0 Å². The average Bonchev–Trinajstić information content (AvgIpc) is 2.12. The van der Waals surface area contributed by atoms with Crippen LogP contribution >= 0.6 is 0 Å². The predicted octanol–water partition coefficient (Wildman–Crippen LogP) is 3.06. The van der Waals surface area contributed by atoms with Gasteiger partial charge in [-0.15, -0.1) is 0 Å². The second kappa shape index (κ2) is 4.61. The quantitative estimate of drug-likeness (QED) is 0.659. The molecule has 0 spiro atoms. The zero-order chi connectivity index (χ0) is 9.73. The Bertz CT molecular complexity index is 215. The summed E-state index contributed by atoms with van der Waals surface area (Å²) >= 11 is 0. The van der Waals surface area contributed by atoms with Crippen LogP contribution in [0.25, 0.3) is 0 Å². The summed E-state index contributed by atoms with van der Waals surface area (Å²) in [7, 11) is 0. The van der Waals surface area contributed by atoms with E-state index in [2.05, 4.69) is 32.1 Å². The predicted molar refractivity (Wildman–Crippen MR) is 56.6 cm³/mol. The van der Waals surface area contributed by atoms with Crippen molar-refractivity contribution < 1.29 is 5.11 Å². The van der Waals surface area contributed by atoms with E-state index in [0.717, 1.165) is 19.3 Å².